The lowest BCUT2D eigenvalue weighted by Crippen LogP contribution is -2.59. The minimum Gasteiger partial charge on any atom is -0.394 e. The maximum absolute atomic E-state index is 14.7. The van der Waals surface area contributed by atoms with Crippen LogP contribution in [-0.4, -0.2) is 132 Å². The van der Waals surface area contributed by atoms with Crippen LogP contribution < -0.4 is 43.4 Å². The number of para-hydroxylation sites is 1. The molecule has 0 spiro atoms. The standard InChI is InChI=1S/C46H65N11O9/c1-26(39(47)60)55(3)44(65)35(25-58)54-41(62)36-24-31-18-11-17-30-20-21-33(45(66)57(36)37(30)31)53-42(63)38(29-15-9-6-10-16-29)56(4)43(64)32(19-12-22-50-46(48)49)52-40(61)34(51-27(2)59)23-28-13-7-5-8-14-28/h6,9-11,15-18,26,28,32-36,38,58H,5,7-8,12-14,19-25H2,1-4H3,(H2,47,60)(H,51,59)(H,52,61)(H,53,63)(H,54,62)(H4,48,49,50)/t26?,32-,33-,34-,35-,36-,38-/m0/s1. The second kappa shape index (κ2) is 23.1. The molecule has 2 aromatic rings. The number of aliphatic imine (C=N–C) groups is 1. The lowest BCUT2D eigenvalue weighted by Gasteiger charge is -2.34. The largest absolute Gasteiger partial charge is 0.394 e. The van der Waals surface area contributed by atoms with Crippen LogP contribution in [0.15, 0.2) is 53.5 Å². The highest BCUT2D eigenvalue weighted by Gasteiger charge is 2.46. The molecule has 11 N–H and O–H groups in total. The van der Waals surface area contributed by atoms with Gasteiger partial charge in [-0.3, -0.25) is 48.2 Å². The number of nitrogens with zero attached hydrogens (tertiary/aromatic N) is 4. The first-order chi connectivity index (χ1) is 31.4. The molecular formula is C46H65N11O9. The second-order valence-corrected chi connectivity index (χ2v) is 17.5. The molecule has 0 saturated heterocycles. The maximum atomic E-state index is 14.7. The molecule has 0 bridgehead atoms. The number of aliphatic hydroxyl groups excluding tert-OH is 1. The molecule has 1 aliphatic carbocycles. The molecule has 7 atom stereocenters. The zero-order valence-electron chi connectivity index (χ0n) is 38.2. The molecule has 8 amide bonds. The van der Waals surface area contributed by atoms with Crippen molar-refractivity contribution < 1.29 is 43.5 Å². The van der Waals surface area contributed by atoms with Gasteiger partial charge in [-0.15, -0.1) is 0 Å². The quantitative estimate of drug-likeness (QED) is 0.0471. The Balaban J connectivity index is 1.41. The van der Waals surface area contributed by atoms with Gasteiger partial charge in [-0.25, -0.2) is 0 Å². The zero-order valence-corrected chi connectivity index (χ0v) is 38.2. The van der Waals surface area contributed by atoms with E-state index in [2.05, 4.69) is 26.3 Å². The normalized spacial score (nSPS) is 19.0. The fraction of sp³-hybridized carbons (Fsp3) is 0.543. The van der Waals surface area contributed by atoms with E-state index in [-0.39, 0.29) is 44.1 Å². The van der Waals surface area contributed by atoms with Crippen molar-refractivity contribution >= 4 is 58.9 Å². The van der Waals surface area contributed by atoms with E-state index < -0.39 is 96.2 Å². The molecule has 3 aliphatic rings. The van der Waals surface area contributed by atoms with E-state index in [4.69, 9.17) is 17.2 Å². The van der Waals surface area contributed by atoms with Crippen molar-refractivity contribution in [2.75, 3.05) is 32.1 Å². The smallest absolute Gasteiger partial charge is 0.250 e. The molecule has 1 fully saturated rings. The van der Waals surface area contributed by atoms with Crippen LogP contribution in [0.3, 0.4) is 0 Å². The van der Waals surface area contributed by atoms with Gasteiger partial charge in [0.15, 0.2) is 5.96 Å². The number of amides is 8. The van der Waals surface area contributed by atoms with Crippen LogP contribution in [0.4, 0.5) is 5.69 Å². The number of guanidine groups is 1. The average Bonchev–Trinajstić information content (AvgIpc) is 3.64. The molecule has 20 nitrogen and oxygen atoms in total. The average molecular weight is 916 g/mol. The van der Waals surface area contributed by atoms with Crippen LogP contribution in [0.25, 0.3) is 0 Å². The van der Waals surface area contributed by atoms with E-state index in [1.807, 2.05) is 12.1 Å². The molecule has 0 radical (unpaired) electrons. The highest BCUT2D eigenvalue weighted by atomic mass is 16.3. The monoisotopic (exact) mass is 915 g/mol. The van der Waals surface area contributed by atoms with E-state index in [1.54, 1.807) is 36.4 Å². The fourth-order valence-electron chi connectivity index (χ4n) is 9.13. The number of primary amides is 1. The minimum absolute atomic E-state index is 0.0743. The molecule has 0 aromatic heterocycles. The van der Waals surface area contributed by atoms with Crippen molar-refractivity contribution in [3.05, 3.63) is 65.2 Å². The number of anilines is 1. The Hall–Kier alpha value is -6.57. The molecule has 66 heavy (non-hydrogen) atoms. The molecule has 2 heterocycles. The van der Waals surface area contributed by atoms with E-state index in [0.717, 1.165) is 42.6 Å². The van der Waals surface area contributed by atoms with E-state index in [9.17, 15) is 43.5 Å². The Labute approximate surface area is 384 Å². The SMILES string of the molecule is CC(=O)N[C@@H](CC1CCCCC1)C(=O)N[C@@H](CCCN=C(N)N)C(=O)N(C)[C@H](C(=O)N[C@H]1CCc2cccc3c2N(C1=O)[C@H](C(=O)N[C@@H](CO)C(=O)N(C)C(C)C(N)=O)C3)c1ccccc1. The number of carbonyl (C=O) groups is 8. The van der Waals surface area contributed by atoms with Crippen molar-refractivity contribution in [3.8, 4) is 0 Å². The van der Waals surface area contributed by atoms with Crippen molar-refractivity contribution in [2.24, 2.45) is 28.1 Å². The van der Waals surface area contributed by atoms with Crippen molar-refractivity contribution in [1.82, 2.24) is 31.1 Å². The van der Waals surface area contributed by atoms with Gasteiger partial charge >= 0.3 is 0 Å². The highest BCUT2D eigenvalue weighted by Crippen LogP contribution is 2.39. The number of carbonyl (C=O) groups excluding carboxylic acids is 8. The van der Waals surface area contributed by atoms with Gasteiger partial charge in [0, 0.05) is 34.0 Å². The van der Waals surface area contributed by atoms with Gasteiger partial charge in [-0.05, 0) is 61.6 Å². The van der Waals surface area contributed by atoms with Gasteiger partial charge in [-0.1, -0.05) is 80.6 Å². The molecule has 1 saturated carbocycles. The van der Waals surface area contributed by atoms with E-state index in [0.29, 0.717) is 29.7 Å². The van der Waals surface area contributed by atoms with Gasteiger partial charge in [0.25, 0.3) is 0 Å². The third-order valence-electron chi connectivity index (χ3n) is 12.8. The third kappa shape index (κ3) is 12.4. The number of nitrogens with one attached hydrogen (secondary N) is 4. The number of aliphatic hydroxyl groups is 1. The minimum atomic E-state index is -1.46. The van der Waals surface area contributed by atoms with Crippen molar-refractivity contribution in [3.63, 3.8) is 0 Å². The number of benzene rings is 2. The molecule has 2 aliphatic heterocycles. The number of aryl methyl sites for hydroxylation is 1. The number of nitrogens with two attached hydrogens (primary N) is 3. The van der Waals surface area contributed by atoms with Crippen LogP contribution in [0.1, 0.15) is 94.4 Å². The summed E-state index contributed by atoms with van der Waals surface area (Å²) in [5.41, 5.74) is 18.9. The van der Waals surface area contributed by atoms with Crippen molar-refractivity contribution in [1.29, 1.82) is 0 Å². The zero-order chi connectivity index (χ0) is 48.2. The number of rotatable bonds is 20. The lowest BCUT2D eigenvalue weighted by molar-refractivity contribution is -0.143. The summed E-state index contributed by atoms with van der Waals surface area (Å²) in [6.07, 6.45) is 6.30. The lowest BCUT2D eigenvalue weighted by atomic mass is 9.84. The summed E-state index contributed by atoms with van der Waals surface area (Å²) in [6.45, 7) is 2.08. The van der Waals surface area contributed by atoms with Gasteiger partial charge in [0.1, 0.15) is 42.3 Å². The summed E-state index contributed by atoms with van der Waals surface area (Å²) in [6, 6.07) is 5.64. The highest BCUT2D eigenvalue weighted by molar-refractivity contribution is 6.09. The molecular weight excluding hydrogens is 851 g/mol. The summed E-state index contributed by atoms with van der Waals surface area (Å²) in [5.74, 6) is -5.10. The predicted molar refractivity (Wildman–Crippen MR) is 245 cm³/mol. The summed E-state index contributed by atoms with van der Waals surface area (Å²) in [5, 5.41) is 21.2. The first-order valence-electron chi connectivity index (χ1n) is 22.6. The molecule has 1 unspecified atom stereocenters. The molecule has 358 valence electrons. The van der Waals surface area contributed by atoms with Crippen LogP contribution in [0.5, 0.6) is 0 Å². The Morgan fingerprint density at radius 2 is 1.48 bits per heavy atom. The Morgan fingerprint density at radius 1 is 0.818 bits per heavy atom. The first kappa shape index (κ1) is 50.4. The fourth-order valence-corrected chi connectivity index (χ4v) is 9.13. The summed E-state index contributed by atoms with van der Waals surface area (Å²) >= 11 is 0. The number of hydrogen-bond donors (Lipinski definition) is 8. The molecule has 2 aromatic carbocycles. The Kier molecular flexibility index (Phi) is 17.6. The van der Waals surface area contributed by atoms with Crippen LogP contribution in [0.2, 0.25) is 0 Å². The van der Waals surface area contributed by atoms with Gasteiger partial charge < -0.3 is 53.4 Å². The third-order valence-corrected chi connectivity index (χ3v) is 12.8. The Morgan fingerprint density at radius 3 is 2.12 bits per heavy atom. The van der Waals surface area contributed by atoms with Gasteiger partial charge in [0.2, 0.25) is 47.3 Å². The first-order valence-corrected chi connectivity index (χ1v) is 22.6. The summed E-state index contributed by atoms with van der Waals surface area (Å²) < 4.78 is 0. The van der Waals surface area contributed by atoms with Crippen molar-refractivity contribution in [2.45, 2.75) is 127 Å². The Bertz CT molecular complexity index is 2140. The predicted octanol–water partition coefficient (Wildman–Crippen LogP) is -0.602. The van der Waals surface area contributed by atoms with E-state index >= 15 is 0 Å². The number of likely N-dealkylation sites (N-methyl/N-ethyl adjacent to an activating group) is 2. The summed E-state index contributed by atoms with van der Waals surface area (Å²) in [4.78, 5) is 117. The van der Waals surface area contributed by atoms with Crippen LogP contribution >= 0.6 is 0 Å². The van der Waals surface area contributed by atoms with E-state index in [1.165, 1.54) is 37.7 Å². The molecule has 20 heteroatoms. The van der Waals surface area contributed by atoms with Crippen LogP contribution in [0, 0.1) is 5.92 Å². The van der Waals surface area contributed by atoms with Gasteiger partial charge in [-0.2, -0.15) is 0 Å². The molecule has 5 rings (SSSR count). The second-order valence-electron chi connectivity index (χ2n) is 17.5. The van der Waals surface area contributed by atoms with Crippen LogP contribution in [-0.2, 0) is 51.2 Å². The summed E-state index contributed by atoms with van der Waals surface area (Å²) in [7, 11) is 2.75. The topological polar surface area (TPSA) is 305 Å². The van der Waals surface area contributed by atoms with Gasteiger partial charge in [0.05, 0.1) is 12.3 Å². The number of hydrogen-bond acceptors (Lipinski definition) is 10. The maximum Gasteiger partial charge on any atom is 0.250 e.